The summed E-state index contributed by atoms with van der Waals surface area (Å²) in [7, 11) is 0. The number of amides is 3. The molecule has 0 spiro atoms. The van der Waals surface area contributed by atoms with Crippen molar-refractivity contribution in [1.82, 2.24) is 15.2 Å². The fraction of sp³-hybridized carbons (Fsp3) is 0.517. The number of aromatic amines is 1. The molecule has 3 aliphatic rings. The third-order valence-corrected chi connectivity index (χ3v) is 9.27. The molecular weight excluding hydrogens is 514 g/mol. The zero-order valence-corrected chi connectivity index (χ0v) is 22.8. The number of likely N-dealkylation sites (tertiary alicyclic amines) is 1. The Labute approximate surface area is 231 Å². The van der Waals surface area contributed by atoms with Crippen LogP contribution < -0.4 is 22.3 Å². The number of aromatic nitrogens is 1. The van der Waals surface area contributed by atoms with Gasteiger partial charge in [-0.15, -0.1) is 0 Å². The average molecular weight is 552 g/mol. The van der Waals surface area contributed by atoms with Crippen LogP contribution in [-0.2, 0) is 27.8 Å². The first-order valence-corrected chi connectivity index (χ1v) is 13.7. The summed E-state index contributed by atoms with van der Waals surface area (Å²) in [6.07, 6.45) is 2.97. The molecular formula is C29H37N5O6. The number of nitrogens with zero attached hydrogens (tertiary/aromatic N) is 1. The second-order valence-corrected chi connectivity index (χ2v) is 11.8. The number of phenolic OH excluding ortho intramolecular Hbond substituents is 1. The molecule has 11 heteroatoms. The van der Waals surface area contributed by atoms with Crippen LogP contribution in [0, 0.1) is 12.8 Å². The summed E-state index contributed by atoms with van der Waals surface area (Å²) in [5.41, 5.74) is 10.5. The van der Waals surface area contributed by atoms with Crippen LogP contribution in [0.5, 0.6) is 5.75 Å². The van der Waals surface area contributed by atoms with Crippen molar-refractivity contribution in [3.8, 4) is 5.75 Å². The Kier molecular flexibility index (Phi) is 6.99. The highest BCUT2D eigenvalue weighted by Crippen LogP contribution is 2.54. The molecule has 1 aliphatic heterocycles. The number of rotatable bonds is 8. The molecule has 0 radical (unpaired) electrons. The number of hydrogen-bond acceptors (Lipinski definition) is 7. The van der Waals surface area contributed by atoms with Gasteiger partial charge in [-0.3, -0.25) is 24.1 Å². The predicted molar refractivity (Wildman–Crippen MR) is 147 cm³/mol. The number of nitrogens with two attached hydrogens (primary N) is 2. The molecule has 214 valence electrons. The Hall–Kier alpha value is -3.70. The van der Waals surface area contributed by atoms with Crippen molar-refractivity contribution < 1.29 is 24.6 Å². The molecule has 2 heterocycles. The number of phenols is 1. The Morgan fingerprint density at radius 2 is 1.93 bits per heavy atom. The summed E-state index contributed by atoms with van der Waals surface area (Å²) >= 11 is 0. The Balaban J connectivity index is 1.57. The summed E-state index contributed by atoms with van der Waals surface area (Å²) in [4.78, 5) is 54.4. The van der Waals surface area contributed by atoms with Gasteiger partial charge in [-0.1, -0.05) is 6.07 Å². The summed E-state index contributed by atoms with van der Waals surface area (Å²) in [5.74, 6) is -1.91. The first-order valence-electron chi connectivity index (χ1n) is 13.7. The number of piperidine rings is 1. The van der Waals surface area contributed by atoms with Crippen LogP contribution in [0.3, 0.4) is 0 Å². The van der Waals surface area contributed by atoms with E-state index in [2.05, 4.69) is 15.2 Å². The van der Waals surface area contributed by atoms with Crippen molar-refractivity contribution in [3.63, 3.8) is 0 Å². The van der Waals surface area contributed by atoms with Crippen molar-refractivity contribution in [2.45, 2.75) is 75.5 Å². The van der Waals surface area contributed by atoms with Gasteiger partial charge in [0.2, 0.25) is 11.8 Å². The molecule has 1 saturated carbocycles. The number of pyridine rings is 1. The molecule has 3 amide bonds. The largest absolute Gasteiger partial charge is 0.508 e. The van der Waals surface area contributed by atoms with E-state index in [0.717, 1.165) is 24.2 Å². The minimum atomic E-state index is -1.36. The molecule has 1 saturated heterocycles. The van der Waals surface area contributed by atoms with Crippen LogP contribution in [-0.4, -0.2) is 68.6 Å². The van der Waals surface area contributed by atoms with E-state index in [-0.39, 0.29) is 23.8 Å². The van der Waals surface area contributed by atoms with Gasteiger partial charge in [0.1, 0.15) is 17.4 Å². The number of fused-ring (bicyclic) bond motifs is 2. The molecule has 0 bridgehead atoms. The Morgan fingerprint density at radius 3 is 2.58 bits per heavy atom. The van der Waals surface area contributed by atoms with Crippen molar-refractivity contribution >= 4 is 17.7 Å². The van der Waals surface area contributed by atoms with Gasteiger partial charge in [-0.25, -0.2) is 0 Å². The third kappa shape index (κ3) is 4.77. The smallest absolute Gasteiger partial charge is 0.261 e. The van der Waals surface area contributed by atoms with E-state index >= 15 is 0 Å². The molecule has 1 aromatic carbocycles. The van der Waals surface area contributed by atoms with Gasteiger partial charge in [-0.05, 0) is 80.5 Å². The average Bonchev–Trinajstić information content (AvgIpc) is 3.70. The van der Waals surface area contributed by atoms with Crippen molar-refractivity contribution in [2.75, 3.05) is 13.1 Å². The van der Waals surface area contributed by atoms with Crippen molar-refractivity contribution in [3.05, 3.63) is 62.6 Å². The van der Waals surface area contributed by atoms with E-state index in [1.54, 1.807) is 12.1 Å². The van der Waals surface area contributed by atoms with Crippen LogP contribution >= 0.6 is 0 Å². The highest BCUT2D eigenvalue weighted by Gasteiger charge is 2.61. The normalized spacial score (nSPS) is 26.8. The minimum Gasteiger partial charge on any atom is -0.508 e. The van der Waals surface area contributed by atoms with E-state index in [0.29, 0.717) is 30.0 Å². The maximum Gasteiger partial charge on any atom is 0.261 e. The van der Waals surface area contributed by atoms with Gasteiger partial charge >= 0.3 is 0 Å². The Morgan fingerprint density at radius 1 is 1.20 bits per heavy atom. The lowest BCUT2D eigenvalue weighted by Gasteiger charge is -2.60. The minimum absolute atomic E-state index is 0.108. The topological polar surface area (TPSA) is 192 Å². The SMILES string of the molecule is Cc1ccc(O)cc1[C@]12CCN(CC3CC3)[C@H](C)[C@]1(O)Cc1cc(C(=O)N[C@@H](CC(N)=O)C(N)=O)c(=O)[nH]c1C2. The van der Waals surface area contributed by atoms with E-state index in [4.69, 9.17) is 11.5 Å². The van der Waals surface area contributed by atoms with Gasteiger partial charge in [0, 0.05) is 36.5 Å². The Bertz CT molecular complexity index is 1430. The second kappa shape index (κ2) is 10.0. The highest BCUT2D eigenvalue weighted by molar-refractivity contribution is 5.98. The molecule has 11 nitrogen and oxygen atoms in total. The fourth-order valence-electron chi connectivity index (χ4n) is 6.82. The van der Waals surface area contributed by atoms with Crippen molar-refractivity contribution in [2.24, 2.45) is 17.4 Å². The number of benzene rings is 1. The van der Waals surface area contributed by atoms with Crippen LogP contribution in [0.25, 0.3) is 0 Å². The van der Waals surface area contributed by atoms with E-state index < -0.39 is 46.8 Å². The lowest BCUT2D eigenvalue weighted by molar-refractivity contribution is -0.139. The number of H-pyrrole nitrogens is 1. The second-order valence-electron chi connectivity index (χ2n) is 11.8. The monoisotopic (exact) mass is 551 g/mol. The van der Waals surface area contributed by atoms with Gasteiger partial charge in [-0.2, -0.15) is 0 Å². The fourth-order valence-corrected chi connectivity index (χ4v) is 6.82. The van der Waals surface area contributed by atoms with Crippen molar-refractivity contribution in [1.29, 1.82) is 0 Å². The summed E-state index contributed by atoms with van der Waals surface area (Å²) in [6, 6.07) is 5.04. The molecule has 2 aromatic rings. The number of carbonyl (C=O) groups is 3. The van der Waals surface area contributed by atoms with Crippen LogP contribution in [0.2, 0.25) is 0 Å². The molecule has 40 heavy (non-hydrogen) atoms. The molecule has 1 aromatic heterocycles. The molecule has 0 unspecified atom stereocenters. The van der Waals surface area contributed by atoms with E-state index in [1.165, 1.54) is 18.9 Å². The summed E-state index contributed by atoms with van der Waals surface area (Å²) in [6.45, 7) is 5.65. The number of primary amides is 2. The van der Waals surface area contributed by atoms with Gasteiger partial charge in [0.25, 0.3) is 11.5 Å². The molecule has 4 atom stereocenters. The van der Waals surface area contributed by atoms with Crippen LogP contribution in [0.1, 0.15) is 65.3 Å². The van der Waals surface area contributed by atoms with E-state index in [9.17, 15) is 29.4 Å². The van der Waals surface area contributed by atoms with Gasteiger partial charge in [0.05, 0.1) is 12.0 Å². The number of hydrogen-bond donors (Lipinski definition) is 6. The first-order chi connectivity index (χ1) is 18.8. The molecule has 5 rings (SSSR count). The quantitative estimate of drug-likeness (QED) is 0.268. The molecule has 2 aliphatic carbocycles. The summed E-state index contributed by atoms with van der Waals surface area (Å²) < 4.78 is 0. The zero-order valence-electron chi connectivity index (χ0n) is 22.8. The predicted octanol–water partition coefficient (Wildman–Crippen LogP) is 0.120. The number of nitrogens with one attached hydrogen (secondary N) is 2. The van der Waals surface area contributed by atoms with E-state index in [1.807, 2.05) is 19.9 Å². The lowest BCUT2D eigenvalue weighted by atomic mass is 9.53. The maximum atomic E-state index is 13.1. The first kappa shape index (κ1) is 27.9. The maximum absolute atomic E-state index is 13.1. The number of aliphatic hydroxyl groups is 1. The van der Waals surface area contributed by atoms with Gasteiger partial charge in [0.15, 0.2) is 0 Å². The highest BCUT2D eigenvalue weighted by atomic mass is 16.3. The number of aromatic hydroxyl groups is 1. The molecule has 8 N–H and O–H groups in total. The van der Waals surface area contributed by atoms with Crippen LogP contribution in [0.4, 0.5) is 0 Å². The summed E-state index contributed by atoms with van der Waals surface area (Å²) in [5, 5.41) is 25.5. The number of aryl methyl sites for hydroxylation is 1. The molecule has 2 fully saturated rings. The number of carbonyl (C=O) groups excluding carboxylic acids is 3. The zero-order chi connectivity index (χ0) is 29.0. The lowest BCUT2D eigenvalue weighted by Crippen LogP contribution is -2.71. The van der Waals surface area contributed by atoms with Crippen LogP contribution in [0.15, 0.2) is 29.1 Å². The van der Waals surface area contributed by atoms with Gasteiger partial charge < -0.3 is 32.0 Å². The standard InChI is InChI=1S/C29H37N5O6/c1-15-3-6-19(35)10-21(15)28-7-8-34(14-17-4-5-17)16(2)29(28,40)12-18-9-20(27(39)33-23(18)13-28)26(38)32-22(25(31)37)11-24(30)36/h3,6,9-10,16-17,22,35,40H,4-5,7-8,11-14H2,1-2H3,(H2,30,36)(H2,31,37)(H,32,38)(H,33,39)/t16-,22+,28-,29-/m1/s1. The third-order valence-electron chi connectivity index (χ3n) is 9.27.